The Morgan fingerprint density at radius 3 is 2.20 bits per heavy atom. The van der Waals surface area contributed by atoms with Crippen molar-refractivity contribution in [3.8, 4) is 0 Å². The number of Topliss-reactive ketones (excluding diaryl/α,β-unsaturated/α-hetero) is 1. The number of carbonyl (C=O) groups is 5. The summed E-state index contributed by atoms with van der Waals surface area (Å²) in [6.45, 7) is 0.816. The smallest absolute Gasteiger partial charge is 0.306 e. The van der Waals surface area contributed by atoms with E-state index in [1.807, 2.05) is 0 Å². The Hall–Kier alpha value is -4.01. The van der Waals surface area contributed by atoms with E-state index in [2.05, 4.69) is 16.2 Å². The Morgan fingerprint density at radius 1 is 0.800 bits per heavy atom. The van der Waals surface area contributed by atoms with E-state index in [0.29, 0.717) is 16.8 Å². The van der Waals surface area contributed by atoms with Crippen molar-refractivity contribution in [3.63, 3.8) is 0 Å². The van der Waals surface area contributed by atoms with Crippen molar-refractivity contribution in [3.05, 3.63) is 65.7 Å². The first-order chi connectivity index (χ1) is 14.3. The summed E-state index contributed by atoms with van der Waals surface area (Å²) in [6, 6.07) is 14.7. The zero-order valence-electron chi connectivity index (χ0n) is 16.3. The summed E-state index contributed by atoms with van der Waals surface area (Å²) in [4.78, 5) is 58.4. The first kappa shape index (κ1) is 22.3. The lowest BCUT2D eigenvalue weighted by Gasteiger charge is -2.08. The molecule has 3 amide bonds. The van der Waals surface area contributed by atoms with Gasteiger partial charge in [0.15, 0.2) is 12.4 Å². The lowest BCUT2D eigenvalue weighted by Crippen LogP contribution is -2.43. The number of ketones is 1. The maximum atomic E-state index is 11.9. The highest BCUT2D eigenvalue weighted by molar-refractivity contribution is 5.98. The van der Waals surface area contributed by atoms with Crippen LogP contribution in [0, 0.1) is 0 Å². The van der Waals surface area contributed by atoms with Gasteiger partial charge < -0.3 is 10.1 Å². The molecule has 0 atom stereocenters. The van der Waals surface area contributed by atoms with E-state index in [1.165, 1.54) is 13.0 Å². The van der Waals surface area contributed by atoms with Gasteiger partial charge in [0.2, 0.25) is 5.91 Å². The Bertz CT molecular complexity index is 943. The van der Waals surface area contributed by atoms with Gasteiger partial charge in [-0.1, -0.05) is 30.3 Å². The molecule has 0 unspecified atom stereocenters. The molecule has 2 rings (SSSR count). The van der Waals surface area contributed by atoms with Crippen molar-refractivity contribution in [2.24, 2.45) is 0 Å². The molecule has 2 aromatic rings. The molecule has 156 valence electrons. The topological polar surface area (TPSA) is 131 Å². The number of ether oxygens (including phenoxy) is 1. The SMILES string of the molecule is CC(=O)c1cccc(NC(=O)CCC(=O)OCC(=O)NNC(=O)c2ccccc2)c1. The normalized spacial score (nSPS) is 9.90. The third kappa shape index (κ3) is 7.55. The molecule has 0 saturated heterocycles. The number of esters is 1. The average Bonchev–Trinajstić information content (AvgIpc) is 2.75. The Balaban J connectivity index is 1.66. The Morgan fingerprint density at radius 2 is 1.50 bits per heavy atom. The maximum Gasteiger partial charge on any atom is 0.306 e. The molecular weight excluding hydrogens is 390 g/mol. The fourth-order valence-electron chi connectivity index (χ4n) is 2.30. The second-order valence-corrected chi connectivity index (χ2v) is 6.21. The molecular formula is C21H21N3O6. The van der Waals surface area contributed by atoms with Gasteiger partial charge in [-0.2, -0.15) is 0 Å². The van der Waals surface area contributed by atoms with E-state index in [1.54, 1.807) is 48.5 Å². The summed E-state index contributed by atoms with van der Waals surface area (Å²) >= 11 is 0. The number of carbonyl (C=O) groups excluding carboxylic acids is 5. The summed E-state index contributed by atoms with van der Waals surface area (Å²) in [6.07, 6.45) is -0.391. The van der Waals surface area contributed by atoms with Crippen molar-refractivity contribution >= 4 is 35.2 Å². The number of anilines is 1. The van der Waals surface area contributed by atoms with Gasteiger partial charge in [-0.25, -0.2) is 0 Å². The predicted octanol–water partition coefficient (Wildman–Crippen LogP) is 1.61. The van der Waals surface area contributed by atoms with E-state index in [-0.39, 0.29) is 18.6 Å². The fourth-order valence-corrected chi connectivity index (χ4v) is 2.30. The maximum absolute atomic E-state index is 11.9. The quantitative estimate of drug-likeness (QED) is 0.344. The highest BCUT2D eigenvalue weighted by Gasteiger charge is 2.12. The minimum absolute atomic E-state index is 0.132. The van der Waals surface area contributed by atoms with Crippen LogP contribution in [0.1, 0.15) is 40.5 Å². The number of nitrogens with one attached hydrogen (secondary N) is 3. The molecule has 0 bridgehead atoms. The molecule has 0 saturated carbocycles. The highest BCUT2D eigenvalue weighted by Crippen LogP contribution is 2.12. The van der Waals surface area contributed by atoms with Crippen LogP contribution in [0.2, 0.25) is 0 Å². The first-order valence-corrected chi connectivity index (χ1v) is 9.06. The molecule has 0 radical (unpaired) electrons. The van der Waals surface area contributed by atoms with Crippen LogP contribution in [0.25, 0.3) is 0 Å². The molecule has 0 aromatic heterocycles. The molecule has 0 aliphatic rings. The second-order valence-electron chi connectivity index (χ2n) is 6.21. The summed E-state index contributed by atoms with van der Waals surface area (Å²) in [5.41, 5.74) is 5.57. The van der Waals surface area contributed by atoms with Gasteiger partial charge in [-0.15, -0.1) is 0 Å². The Labute approximate surface area is 172 Å². The number of hydrogen-bond acceptors (Lipinski definition) is 6. The van der Waals surface area contributed by atoms with Crippen molar-refractivity contribution < 1.29 is 28.7 Å². The van der Waals surface area contributed by atoms with Gasteiger partial charge in [0.05, 0.1) is 6.42 Å². The van der Waals surface area contributed by atoms with Crippen LogP contribution in [-0.4, -0.2) is 36.1 Å². The molecule has 0 fully saturated rings. The molecule has 3 N–H and O–H groups in total. The molecule has 0 aliphatic heterocycles. The van der Waals surface area contributed by atoms with Gasteiger partial charge >= 0.3 is 5.97 Å². The summed E-state index contributed by atoms with van der Waals surface area (Å²) in [7, 11) is 0. The molecule has 30 heavy (non-hydrogen) atoms. The molecule has 9 nitrogen and oxygen atoms in total. The zero-order valence-corrected chi connectivity index (χ0v) is 16.3. The third-order valence-electron chi connectivity index (χ3n) is 3.82. The van der Waals surface area contributed by atoms with Crippen LogP contribution < -0.4 is 16.2 Å². The van der Waals surface area contributed by atoms with E-state index in [0.717, 1.165) is 0 Å². The van der Waals surface area contributed by atoms with Crippen molar-refractivity contribution in [2.75, 3.05) is 11.9 Å². The lowest BCUT2D eigenvalue weighted by atomic mass is 10.1. The van der Waals surface area contributed by atoms with Gasteiger partial charge in [-0.05, 0) is 31.2 Å². The number of benzene rings is 2. The second kappa shape index (κ2) is 11.1. The summed E-state index contributed by atoms with van der Waals surface area (Å²) in [5.74, 6) is -2.55. The first-order valence-electron chi connectivity index (χ1n) is 9.06. The number of rotatable bonds is 8. The van der Waals surface area contributed by atoms with Gasteiger partial charge in [0.1, 0.15) is 0 Å². The van der Waals surface area contributed by atoms with Crippen LogP contribution in [-0.2, 0) is 19.1 Å². The van der Waals surface area contributed by atoms with Crippen LogP contribution >= 0.6 is 0 Å². The van der Waals surface area contributed by atoms with Crippen molar-refractivity contribution in [2.45, 2.75) is 19.8 Å². The Kier molecular flexibility index (Phi) is 8.25. The van der Waals surface area contributed by atoms with Gasteiger partial charge in [0.25, 0.3) is 11.8 Å². The van der Waals surface area contributed by atoms with E-state index < -0.39 is 30.3 Å². The van der Waals surface area contributed by atoms with Crippen LogP contribution in [0.5, 0.6) is 0 Å². The third-order valence-corrected chi connectivity index (χ3v) is 3.82. The largest absolute Gasteiger partial charge is 0.455 e. The summed E-state index contributed by atoms with van der Waals surface area (Å²) in [5, 5.41) is 2.58. The minimum Gasteiger partial charge on any atom is -0.455 e. The monoisotopic (exact) mass is 411 g/mol. The number of hydrogen-bond donors (Lipinski definition) is 3. The molecule has 0 heterocycles. The molecule has 0 spiro atoms. The van der Waals surface area contributed by atoms with Crippen molar-refractivity contribution in [1.82, 2.24) is 10.9 Å². The standard InChI is InChI=1S/C21H21N3O6/c1-14(25)16-8-5-9-17(12-16)22-18(26)10-11-20(28)30-13-19(27)23-24-21(29)15-6-3-2-4-7-15/h2-9,12H,10-11,13H2,1H3,(H,22,26)(H,23,27)(H,24,29). The zero-order chi connectivity index (χ0) is 21.9. The minimum atomic E-state index is -0.743. The summed E-state index contributed by atoms with van der Waals surface area (Å²) < 4.78 is 4.77. The van der Waals surface area contributed by atoms with Crippen LogP contribution in [0.4, 0.5) is 5.69 Å². The average molecular weight is 411 g/mol. The molecule has 2 aromatic carbocycles. The van der Waals surface area contributed by atoms with E-state index in [9.17, 15) is 24.0 Å². The number of hydrazine groups is 1. The molecule has 9 heteroatoms. The van der Waals surface area contributed by atoms with Gasteiger partial charge in [0, 0.05) is 23.2 Å². The van der Waals surface area contributed by atoms with Crippen molar-refractivity contribution in [1.29, 1.82) is 0 Å². The van der Waals surface area contributed by atoms with E-state index in [4.69, 9.17) is 4.74 Å². The lowest BCUT2D eigenvalue weighted by molar-refractivity contribution is -0.149. The van der Waals surface area contributed by atoms with Crippen LogP contribution in [0.3, 0.4) is 0 Å². The molecule has 0 aliphatic carbocycles. The fraction of sp³-hybridized carbons (Fsp3) is 0.190. The van der Waals surface area contributed by atoms with Gasteiger partial charge in [-0.3, -0.25) is 34.8 Å². The predicted molar refractivity (Wildman–Crippen MR) is 107 cm³/mol. The highest BCUT2D eigenvalue weighted by atomic mass is 16.5. The number of amides is 3. The van der Waals surface area contributed by atoms with E-state index >= 15 is 0 Å². The van der Waals surface area contributed by atoms with Crippen LogP contribution in [0.15, 0.2) is 54.6 Å².